The van der Waals surface area contributed by atoms with Gasteiger partial charge in [-0.2, -0.15) is 8.42 Å². The molecule has 0 aliphatic heterocycles. The van der Waals surface area contributed by atoms with Gasteiger partial charge in [0.2, 0.25) is 0 Å². The molecule has 0 bridgehead atoms. The van der Waals surface area contributed by atoms with Crippen LogP contribution in [-0.4, -0.2) is 33.4 Å². The van der Waals surface area contributed by atoms with Gasteiger partial charge < -0.3 is 5.32 Å². The molecular weight excluding hydrogens is 473 g/mol. The molecule has 1 amide bonds. The summed E-state index contributed by atoms with van der Waals surface area (Å²) in [7, 11) is -0.725. The van der Waals surface area contributed by atoms with Gasteiger partial charge in [0.25, 0.3) is 5.91 Å². The molecule has 0 aliphatic rings. The van der Waals surface area contributed by atoms with E-state index in [0.717, 1.165) is 0 Å². The molecule has 0 fully saturated rings. The van der Waals surface area contributed by atoms with Crippen molar-refractivity contribution in [2.24, 2.45) is 0 Å². The number of fused-ring (bicyclic) bond motifs is 1. The number of carbonyl (C=O) groups is 1. The van der Waals surface area contributed by atoms with Crippen LogP contribution in [0.5, 0.6) is 0 Å². The van der Waals surface area contributed by atoms with Crippen LogP contribution < -0.4 is 9.62 Å². The van der Waals surface area contributed by atoms with Crippen molar-refractivity contribution < 1.29 is 21.9 Å². The van der Waals surface area contributed by atoms with Crippen molar-refractivity contribution in [1.29, 1.82) is 0 Å². The van der Waals surface area contributed by atoms with Crippen molar-refractivity contribution in [3.63, 3.8) is 0 Å². The first-order valence-corrected chi connectivity index (χ1v) is 12.2. The monoisotopic (exact) mass is 490 g/mol. The van der Waals surface area contributed by atoms with Crippen LogP contribution in [0.25, 0.3) is 21.3 Å². The first-order valence-electron chi connectivity index (χ1n) is 9.47. The molecule has 2 N–H and O–H groups in total. The summed E-state index contributed by atoms with van der Waals surface area (Å²) in [6.07, 6.45) is 1.57. The molecule has 0 saturated heterocycles. The number of aromatic nitrogens is 1. The summed E-state index contributed by atoms with van der Waals surface area (Å²) in [4.78, 5) is 18.1. The van der Waals surface area contributed by atoms with E-state index in [1.54, 1.807) is 36.5 Å². The summed E-state index contributed by atoms with van der Waals surface area (Å²) in [6.45, 7) is 0. The molecule has 32 heavy (non-hydrogen) atoms. The molecule has 164 valence electrons. The number of anilines is 1. The van der Waals surface area contributed by atoms with Crippen LogP contribution in [0.3, 0.4) is 0 Å². The number of hydrogen-bond donors (Lipinski definition) is 2. The van der Waals surface area contributed by atoms with E-state index < -0.39 is 15.9 Å². The highest BCUT2D eigenvalue weighted by Gasteiger charge is 2.25. The minimum absolute atomic E-state index is 0.0653. The minimum Gasteiger partial charge on any atom is -0.321 e. The van der Waals surface area contributed by atoms with E-state index in [1.165, 1.54) is 49.7 Å². The number of halogens is 2. The fourth-order valence-electron chi connectivity index (χ4n) is 3.09. The zero-order valence-corrected chi connectivity index (χ0v) is 19.4. The average molecular weight is 491 g/mol. The molecule has 2 heterocycles. The summed E-state index contributed by atoms with van der Waals surface area (Å²) in [5, 5.41) is 3.49. The van der Waals surface area contributed by atoms with Gasteiger partial charge in [0.15, 0.2) is 0 Å². The highest BCUT2D eigenvalue weighted by Crippen LogP contribution is 2.30. The third-order valence-electron chi connectivity index (χ3n) is 4.80. The van der Waals surface area contributed by atoms with Crippen LogP contribution >= 0.6 is 22.9 Å². The Kier molecular flexibility index (Phi) is 6.00. The van der Waals surface area contributed by atoms with Crippen LogP contribution in [0.2, 0.25) is 5.02 Å². The number of nitrogens with one attached hydrogen (secondary N) is 2. The Morgan fingerprint density at radius 3 is 2.59 bits per heavy atom. The fraction of sp³-hybridized carbons (Fsp3) is 0.0909. The molecule has 4 aromatic rings. The number of quaternary nitrogens is 1. The van der Waals surface area contributed by atoms with Gasteiger partial charge in [0, 0.05) is 28.4 Å². The van der Waals surface area contributed by atoms with E-state index >= 15 is 0 Å². The maximum atomic E-state index is 14.1. The largest absolute Gasteiger partial charge is 0.326 e. The van der Waals surface area contributed by atoms with Gasteiger partial charge in [0.05, 0.1) is 24.0 Å². The molecule has 0 atom stereocenters. The fourth-order valence-corrected chi connectivity index (χ4v) is 5.43. The predicted octanol–water partition coefficient (Wildman–Crippen LogP) is 3.84. The van der Waals surface area contributed by atoms with Crippen LogP contribution in [0.4, 0.5) is 10.1 Å². The van der Waals surface area contributed by atoms with Gasteiger partial charge in [-0.05, 0) is 36.4 Å². The molecule has 0 unspecified atom stereocenters. The quantitative estimate of drug-likeness (QED) is 0.445. The highest BCUT2D eigenvalue weighted by atomic mass is 35.5. The number of carbonyl (C=O) groups excluding carboxylic acids is 1. The first kappa shape index (κ1) is 22.3. The molecule has 6 nitrogen and oxygen atoms in total. The summed E-state index contributed by atoms with van der Waals surface area (Å²) in [5.41, 5.74) is 1.34. The molecular formula is C22H18ClFN3O3S2+. The summed E-state index contributed by atoms with van der Waals surface area (Å²) in [6, 6.07) is 14.2. The van der Waals surface area contributed by atoms with Crippen LogP contribution in [0.15, 0.2) is 65.7 Å². The SMILES string of the molecule is C[NH+](C)S(=O)(=O)c1cc(NC(=O)c2cc3cc(-c4ccccc4F)cnc3s2)ccc1Cl. The first-order chi connectivity index (χ1) is 15.2. The Balaban J connectivity index is 1.63. The lowest BCUT2D eigenvalue weighted by molar-refractivity contribution is -0.717. The second-order valence-corrected chi connectivity index (χ2v) is 10.9. The second-order valence-electron chi connectivity index (χ2n) is 7.22. The number of sulfonamides is 1. The number of nitrogens with zero attached hydrogens (tertiary/aromatic N) is 1. The lowest BCUT2D eigenvalue weighted by Gasteiger charge is -2.11. The molecule has 4 rings (SSSR count). The number of pyridine rings is 1. The number of benzene rings is 2. The Labute approximate surface area is 193 Å². The van der Waals surface area contributed by atoms with E-state index in [2.05, 4.69) is 10.3 Å². The van der Waals surface area contributed by atoms with E-state index in [-0.39, 0.29) is 20.0 Å². The lowest BCUT2D eigenvalue weighted by Crippen LogP contribution is -3.07. The molecule has 2 aromatic heterocycles. The van der Waals surface area contributed by atoms with Gasteiger partial charge in [-0.15, -0.1) is 11.3 Å². The van der Waals surface area contributed by atoms with Crippen LogP contribution in [-0.2, 0) is 10.0 Å². The molecule has 0 aliphatic carbocycles. The van der Waals surface area contributed by atoms with Gasteiger partial charge in [-0.3, -0.25) is 4.79 Å². The maximum absolute atomic E-state index is 14.1. The third-order valence-corrected chi connectivity index (χ3v) is 8.29. The zero-order valence-electron chi connectivity index (χ0n) is 17.0. The van der Waals surface area contributed by atoms with Gasteiger partial charge >= 0.3 is 10.0 Å². The van der Waals surface area contributed by atoms with E-state index in [0.29, 0.717) is 31.9 Å². The molecule has 0 spiro atoms. The van der Waals surface area contributed by atoms with Gasteiger partial charge in [-0.25, -0.2) is 13.7 Å². The Hall–Kier alpha value is -2.85. The summed E-state index contributed by atoms with van der Waals surface area (Å²) >= 11 is 7.26. The Morgan fingerprint density at radius 2 is 1.88 bits per heavy atom. The van der Waals surface area contributed by atoms with Crippen molar-refractivity contribution in [3.05, 3.63) is 76.5 Å². The van der Waals surface area contributed by atoms with E-state index in [1.807, 2.05) is 0 Å². The molecule has 2 aromatic carbocycles. The smallest absolute Gasteiger partial charge is 0.321 e. The lowest BCUT2D eigenvalue weighted by atomic mass is 10.1. The molecule has 0 saturated carbocycles. The Bertz CT molecular complexity index is 1450. The van der Waals surface area contributed by atoms with Gasteiger partial charge in [-0.1, -0.05) is 29.8 Å². The van der Waals surface area contributed by atoms with E-state index in [4.69, 9.17) is 11.6 Å². The second kappa shape index (κ2) is 8.59. The van der Waals surface area contributed by atoms with Gasteiger partial charge in [0.1, 0.15) is 15.5 Å². The minimum atomic E-state index is -3.69. The number of amides is 1. The normalized spacial score (nSPS) is 11.8. The number of hydrogen-bond acceptors (Lipinski definition) is 5. The standard InChI is InChI=1S/C22H17ClFN3O3S2/c1-27(2)32(29,30)20-11-15(7-8-17(20)23)26-21(28)19-10-13-9-14(12-25-22(13)31-19)16-5-3-4-6-18(16)24/h3-12H,1-2H3,(H,26,28)/p+1. The summed E-state index contributed by atoms with van der Waals surface area (Å²) < 4.78 is 39.3. The zero-order chi connectivity index (χ0) is 23.0. The van der Waals surface area contributed by atoms with Crippen molar-refractivity contribution >= 4 is 54.8 Å². The van der Waals surface area contributed by atoms with Crippen molar-refractivity contribution in [1.82, 2.24) is 4.98 Å². The van der Waals surface area contributed by atoms with Crippen LogP contribution in [0.1, 0.15) is 9.67 Å². The number of thiophene rings is 1. The molecule has 10 heteroatoms. The number of rotatable bonds is 5. The topological polar surface area (TPSA) is 80.6 Å². The maximum Gasteiger partial charge on any atom is 0.326 e. The van der Waals surface area contributed by atoms with Crippen molar-refractivity contribution in [3.8, 4) is 11.1 Å². The average Bonchev–Trinajstić information content (AvgIpc) is 3.19. The highest BCUT2D eigenvalue weighted by molar-refractivity contribution is 7.85. The van der Waals surface area contributed by atoms with E-state index in [9.17, 15) is 17.6 Å². The van der Waals surface area contributed by atoms with Crippen LogP contribution in [0, 0.1) is 5.82 Å². The predicted molar refractivity (Wildman–Crippen MR) is 124 cm³/mol. The van der Waals surface area contributed by atoms with Crippen molar-refractivity contribution in [2.75, 3.05) is 19.4 Å². The summed E-state index contributed by atoms with van der Waals surface area (Å²) in [5.74, 6) is -0.766. The third kappa shape index (κ3) is 4.24. The Morgan fingerprint density at radius 1 is 1.12 bits per heavy atom. The molecule has 0 radical (unpaired) electrons. The van der Waals surface area contributed by atoms with Crippen molar-refractivity contribution in [2.45, 2.75) is 4.90 Å².